The fourth-order valence-electron chi connectivity index (χ4n) is 0.966. The largest absolute Gasteiger partial charge is 0.366 e. The second-order valence-corrected chi connectivity index (χ2v) is 5.03. The number of hydrazine groups is 1. The maximum atomic E-state index is 13.2. The second kappa shape index (κ2) is 5.70. The van der Waals surface area contributed by atoms with Crippen molar-refractivity contribution in [3.8, 4) is 0 Å². The number of hydrogen-bond acceptors (Lipinski definition) is 7. The molecular formula is C7H13FN6O2S. The highest BCUT2D eigenvalue weighted by Crippen LogP contribution is 2.10. The minimum absolute atomic E-state index is 0.0150. The van der Waals surface area contributed by atoms with E-state index in [4.69, 9.17) is 5.84 Å². The molecule has 0 aliphatic heterocycles. The van der Waals surface area contributed by atoms with Crippen LogP contribution >= 0.6 is 0 Å². The third kappa shape index (κ3) is 4.09. The van der Waals surface area contributed by atoms with Crippen LogP contribution in [-0.2, 0) is 10.0 Å². The molecule has 5 N–H and O–H groups in total. The molecule has 0 bridgehead atoms. The molecule has 0 aliphatic rings. The van der Waals surface area contributed by atoms with Gasteiger partial charge in [0.05, 0.1) is 11.9 Å². The number of sulfonamides is 1. The summed E-state index contributed by atoms with van der Waals surface area (Å²) in [6.45, 7) is 0.0150. The van der Waals surface area contributed by atoms with E-state index in [0.29, 0.717) is 0 Å². The van der Waals surface area contributed by atoms with Crippen molar-refractivity contribution in [1.82, 2.24) is 14.7 Å². The van der Waals surface area contributed by atoms with Crippen LogP contribution in [0.1, 0.15) is 0 Å². The third-order valence-electron chi connectivity index (χ3n) is 1.85. The van der Waals surface area contributed by atoms with Gasteiger partial charge in [-0.2, -0.15) is 4.98 Å². The zero-order valence-corrected chi connectivity index (χ0v) is 9.88. The van der Waals surface area contributed by atoms with Crippen LogP contribution < -0.4 is 21.3 Å². The number of nitrogens with one attached hydrogen (secondary N) is 3. The van der Waals surface area contributed by atoms with Gasteiger partial charge in [0.25, 0.3) is 0 Å². The Morgan fingerprint density at radius 3 is 2.82 bits per heavy atom. The fourth-order valence-corrected chi connectivity index (χ4v) is 1.54. The average molecular weight is 264 g/mol. The van der Waals surface area contributed by atoms with Crippen molar-refractivity contribution in [3.05, 3.63) is 12.0 Å². The van der Waals surface area contributed by atoms with E-state index >= 15 is 0 Å². The first kappa shape index (κ1) is 13.5. The van der Waals surface area contributed by atoms with E-state index < -0.39 is 15.8 Å². The van der Waals surface area contributed by atoms with Crippen molar-refractivity contribution in [2.24, 2.45) is 5.84 Å². The van der Waals surface area contributed by atoms with Gasteiger partial charge in [0, 0.05) is 6.54 Å². The minimum atomic E-state index is -3.34. The smallest absolute Gasteiger partial charge is 0.239 e. The summed E-state index contributed by atoms with van der Waals surface area (Å²) in [4.78, 5) is 7.23. The van der Waals surface area contributed by atoms with Gasteiger partial charge in [-0.3, -0.25) is 5.43 Å². The molecule has 1 aromatic rings. The van der Waals surface area contributed by atoms with Crippen LogP contribution in [0.25, 0.3) is 0 Å². The van der Waals surface area contributed by atoms with Crippen molar-refractivity contribution in [2.75, 3.05) is 30.1 Å². The second-order valence-electron chi connectivity index (χ2n) is 2.98. The van der Waals surface area contributed by atoms with Crippen molar-refractivity contribution in [2.45, 2.75) is 0 Å². The first-order valence-corrected chi connectivity index (χ1v) is 6.28. The summed E-state index contributed by atoms with van der Waals surface area (Å²) in [5.74, 6) is 4.09. The number of nitrogens with two attached hydrogens (primary N) is 1. The predicted molar refractivity (Wildman–Crippen MR) is 61.1 cm³/mol. The molecule has 0 saturated carbocycles. The SMILES string of the molecule is CNS(=O)(=O)CCNc1nc(NN)ncc1F. The lowest BCUT2D eigenvalue weighted by Crippen LogP contribution is -2.26. The normalized spacial score (nSPS) is 11.2. The highest BCUT2D eigenvalue weighted by atomic mass is 32.2. The van der Waals surface area contributed by atoms with Gasteiger partial charge in [0.1, 0.15) is 0 Å². The first-order valence-electron chi connectivity index (χ1n) is 4.63. The summed E-state index contributed by atoms with van der Waals surface area (Å²) in [6, 6.07) is 0. The maximum Gasteiger partial charge on any atom is 0.239 e. The molecule has 0 aliphatic carbocycles. The lowest BCUT2D eigenvalue weighted by atomic mass is 10.5. The highest BCUT2D eigenvalue weighted by Gasteiger charge is 2.09. The quantitative estimate of drug-likeness (QED) is 0.378. The minimum Gasteiger partial charge on any atom is -0.366 e. The Morgan fingerprint density at radius 1 is 1.53 bits per heavy atom. The lowest BCUT2D eigenvalue weighted by Gasteiger charge is -2.07. The molecule has 1 heterocycles. The van der Waals surface area contributed by atoms with Crippen LogP contribution in [0.15, 0.2) is 6.20 Å². The van der Waals surface area contributed by atoms with Gasteiger partial charge in [-0.25, -0.2) is 28.4 Å². The Morgan fingerprint density at radius 2 is 2.24 bits per heavy atom. The molecule has 17 heavy (non-hydrogen) atoms. The summed E-state index contributed by atoms with van der Waals surface area (Å²) in [5.41, 5.74) is 2.15. The molecule has 8 nitrogen and oxygen atoms in total. The molecule has 0 aromatic carbocycles. The molecule has 1 aromatic heterocycles. The molecule has 1 rings (SSSR count). The van der Waals surface area contributed by atoms with Gasteiger partial charge in [0.15, 0.2) is 11.6 Å². The van der Waals surface area contributed by atoms with E-state index in [1.165, 1.54) is 7.05 Å². The summed E-state index contributed by atoms with van der Waals surface area (Å²) in [6.07, 6.45) is 0.928. The topological polar surface area (TPSA) is 122 Å². The molecule has 0 fully saturated rings. The van der Waals surface area contributed by atoms with Crippen molar-refractivity contribution in [3.63, 3.8) is 0 Å². The number of anilines is 2. The molecule has 96 valence electrons. The van der Waals surface area contributed by atoms with Gasteiger partial charge in [-0.1, -0.05) is 0 Å². The van der Waals surface area contributed by atoms with Gasteiger partial charge in [0.2, 0.25) is 16.0 Å². The summed E-state index contributed by atoms with van der Waals surface area (Å²) in [7, 11) is -2.03. The standard InChI is InChI=1S/C7H13FN6O2S/c1-10-17(15,16)3-2-11-6-5(8)4-12-7(13-6)14-9/h4,10H,2-3,9H2,1H3,(H2,11,12,13,14). The van der Waals surface area contributed by atoms with Crippen LogP contribution in [-0.4, -0.2) is 37.7 Å². The Labute approximate surface area is 97.9 Å². The average Bonchev–Trinajstić information content (AvgIpc) is 2.31. The number of nitrogens with zero attached hydrogens (tertiary/aromatic N) is 2. The Bertz CT molecular complexity index is 479. The summed E-state index contributed by atoms with van der Waals surface area (Å²) in [5, 5.41) is 2.54. The molecule has 0 atom stereocenters. The summed E-state index contributed by atoms with van der Waals surface area (Å²) >= 11 is 0. The van der Waals surface area contributed by atoms with Gasteiger partial charge >= 0.3 is 0 Å². The Hall–Kier alpha value is -1.52. The third-order valence-corrected chi connectivity index (χ3v) is 3.21. The zero-order valence-electron chi connectivity index (χ0n) is 9.07. The predicted octanol–water partition coefficient (Wildman–Crippen LogP) is -1.14. The van der Waals surface area contributed by atoms with Gasteiger partial charge in [-0.15, -0.1) is 0 Å². The van der Waals surface area contributed by atoms with Crippen LogP contribution in [0.4, 0.5) is 16.2 Å². The number of rotatable bonds is 6. The Kier molecular flexibility index (Phi) is 4.54. The van der Waals surface area contributed by atoms with E-state index in [1.807, 2.05) is 0 Å². The lowest BCUT2D eigenvalue weighted by molar-refractivity contribution is 0.588. The molecule has 0 saturated heterocycles. The maximum absolute atomic E-state index is 13.2. The molecule has 0 spiro atoms. The number of aromatic nitrogens is 2. The van der Waals surface area contributed by atoms with Crippen LogP contribution in [0, 0.1) is 5.82 Å². The van der Waals surface area contributed by atoms with Crippen molar-refractivity contribution in [1.29, 1.82) is 0 Å². The van der Waals surface area contributed by atoms with Crippen molar-refractivity contribution >= 4 is 21.8 Å². The molecular weight excluding hydrogens is 251 g/mol. The van der Waals surface area contributed by atoms with Gasteiger partial charge < -0.3 is 5.32 Å². The van der Waals surface area contributed by atoms with Crippen LogP contribution in [0.3, 0.4) is 0 Å². The van der Waals surface area contributed by atoms with Crippen LogP contribution in [0.2, 0.25) is 0 Å². The Balaban J connectivity index is 2.63. The first-order chi connectivity index (χ1) is 7.98. The molecule has 0 amide bonds. The van der Waals surface area contributed by atoms with Crippen LogP contribution in [0.5, 0.6) is 0 Å². The van der Waals surface area contributed by atoms with Gasteiger partial charge in [-0.05, 0) is 7.05 Å². The van der Waals surface area contributed by atoms with E-state index in [-0.39, 0.29) is 24.1 Å². The number of nitrogen functional groups attached to an aromatic ring is 1. The van der Waals surface area contributed by atoms with E-state index in [1.54, 1.807) is 0 Å². The molecule has 0 radical (unpaired) electrons. The number of halogens is 1. The van der Waals surface area contributed by atoms with E-state index in [9.17, 15) is 12.8 Å². The fraction of sp³-hybridized carbons (Fsp3) is 0.429. The van der Waals surface area contributed by atoms with Crippen molar-refractivity contribution < 1.29 is 12.8 Å². The highest BCUT2D eigenvalue weighted by molar-refractivity contribution is 7.89. The molecule has 0 unspecified atom stereocenters. The van der Waals surface area contributed by atoms with E-state index in [0.717, 1.165) is 6.20 Å². The van der Waals surface area contributed by atoms with E-state index in [2.05, 4.69) is 25.4 Å². The molecule has 10 heteroatoms. The summed E-state index contributed by atoms with van der Waals surface area (Å²) < 4.78 is 37.5. The zero-order chi connectivity index (χ0) is 12.9. The monoisotopic (exact) mass is 264 g/mol. The number of hydrogen-bond donors (Lipinski definition) is 4.